The number of imidazole rings is 2. The Balaban J connectivity index is 1.48. The van der Waals surface area contributed by atoms with Crippen molar-refractivity contribution in [1.29, 1.82) is 0 Å². The summed E-state index contributed by atoms with van der Waals surface area (Å²) in [5.74, 6) is -0.220. The summed E-state index contributed by atoms with van der Waals surface area (Å²) in [5, 5.41) is 20.6. The normalized spacial score (nSPS) is 27.4. The van der Waals surface area contributed by atoms with Crippen molar-refractivity contribution in [3.05, 3.63) is 35.4 Å². The second-order valence-electron chi connectivity index (χ2n) is 6.60. The number of anilines is 1. The zero-order valence-electron chi connectivity index (χ0n) is 15.8. The highest BCUT2D eigenvalue weighted by molar-refractivity contribution is 7.63. The van der Waals surface area contributed by atoms with E-state index in [1.807, 2.05) is 0 Å². The van der Waals surface area contributed by atoms with Gasteiger partial charge in [-0.05, 0) is 0 Å². The zero-order valence-corrected chi connectivity index (χ0v) is 17.6. The number of nitrogens with two attached hydrogens (primary N) is 1. The summed E-state index contributed by atoms with van der Waals surface area (Å²) in [6.45, 7) is -0.810. The lowest BCUT2D eigenvalue weighted by Gasteiger charge is -2.19. The number of aromatic nitrogens is 6. The van der Waals surface area contributed by atoms with Gasteiger partial charge in [0.15, 0.2) is 17.4 Å². The summed E-state index contributed by atoms with van der Waals surface area (Å²) >= 11 is 0. The fourth-order valence-electron chi connectivity index (χ4n) is 3.00. The van der Waals surface area contributed by atoms with Crippen LogP contribution in [0.3, 0.4) is 0 Å². The van der Waals surface area contributed by atoms with Crippen LogP contribution in [-0.4, -0.2) is 73.8 Å². The molecule has 0 aliphatic carbocycles. The quantitative estimate of drug-likeness (QED) is 0.201. The molecule has 7 N–H and O–H groups in total. The SMILES string of the molecule is Nc1nc2c(ncn2[C@@H]2O[C@H](COP(=O)(O)OP(=O)(O)n3ccnc3)C(O)C2O)c(=O)[nH]1. The Labute approximate surface area is 177 Å². The maximum atomic E-state index is 12.1. The lowest BCUT2D eigenvalue weighted by Crippen LogP contribution is -2.33. The van der Waals surface area contributed by atoms with Gasteiger partial charge >= 0.3 is 15.6 Å². The lowest BCUT2D eigenvalue weighted by atomic mass is 10.1. The van der Waals surface area contributed by atoms with Crippen molar-refractivity contribution in [2.45, 2.75) is 24.5 Å². The number of phosphoric ester groups is 1. The maximum Gasteiger partial charge on any atom is 0.480 e. The zero-order chi connectivity index (χ0) is 23.3. The summed E-state index contributed by atoms with van der Waals surface area (Å²) in [6.07, 6.45) is -1.68. The van der Waals surface area contributed by atoms with Gasteiger partial charge in [0.05, 0.1) is 12.9 Å². The highest BCUT2D eigenvalue weighted by Crippen LogP contribution is 2.60. The largest absolute Gasteiger partial charge is 0.480 e. The number of aliphatic hydroxyl groups excluding tert-OH is 2. The fraction of sp³-hybridized carbons (Fsp3) is 0.385. The first-order chi connectivity index (χ1) is 15.0. The number of fused-ring (bicyclic) bond motifs is 1. The molecule has 174 valence electrons. The number of hydrogen-bond acceptors (Lipinski definition) is 12. The first-order valence-electron chi connectivity index (χ1n) is 8.73. The molecule has 19 heteroatoms. The van der Waals surface area contributed by atoms with Gasteiger partial charge in [-0.1, -0.05) is 0 Å². The molecule has 0 spiro atoms. The monoisotopic (exact) mass is 493 g/mol. The van der Waals surface area contributed by atoms with Crippen molar-refractivity contribution in [2.75, 3.05) is 12.3 Å². The van der Waals surface area contributed by atoms with Gasteiger partial charge in [-0.3, -0.25) is 18.9 Å². The highest BCUT2D eigenvalue weighted by atomic mass is 31.3. The van der Waals surface area contributed by atoms with Gasteiger partial charge in [0, 0.05) is 12.4 Å². The van der Waals surface area contributed by atoms with Crippen molar-refractivity contribution in [1.82, 2.24) is 28.8 Å². The molecule has 4 heterocycles. The number of aromatic amines is 1. The molecule has 4 unspecified atom stereocenters. The van der Waals surface area contributed by atoms with E-state index >= 15 is 0 Å². The van der Waals surface area contributed by atoms with Gasteiger partial charge in [-0.15, -0.1) is 0 Å². The van der Waals surface area contributed by atoms with Gasteiger partial charge < -0.3 is 30.5 Å². The number of nitrogens with one attached hydrogen (secondary N) is 1. The van der Waals surface area contributed by atoms with Crippen LogP contribution in [0.15, 0.2) is 29.8 Å². The average Bonchev–Trinajstić information content (AvgIpc) is 3.41. The van der Waals surface area contributed by atoms with Crippen LogP contribution in [-0.2, 0) is 22.7 Å². The number of hydrogen-bond donors (Lipinski definition) is 6. The molecular formula is C13H17N7O10P2. The minimum atomic E-state index is -5.11. The summed E-state index contributed by atoms with van der Waals surface area (Å²) in [5.41, 5.74) is 4.74. The third kappa shape index (κ3) is 4.25. The molecule has 4 rings (SSSR count). The van der Waals surface area contributed by atoms with E-state index in [1.54, 1.807) is 0 Å². The van der Waals surface area contributed by atoms with E-state index in [0.29, 0.717) is 4.34 Å². The predicted molar refractivity (Wildman–Crippen MR) is 103 cm³/mol. The maximum absolute atomic E-state index is 12.1. The van der Waals surface area contributed by atoms with Crippen LogP contribution in [0, 0.1) is 0 Å². The molecule has 3 aromatic rings. The molecule has 0 bridgehead atoms. The molecule has 0 radical (unpaired) electrons. The number of rotatable bonds is 7. The Morgan fingerprint density at radius 2 is 2.00 bits per heavy atom. The third-order valence-corrected chi connectivity index (χ3v) is 7.43. The van der Waals surface area contributed by atoms with Crippen molar-refractivity contribution in [3.8, 4) is 0 Å². The van der Waals surface area contributed by atoms with Crippen LogP contribution in [0.5, 0.6) is 0 Å². The smallest absolute Gasteiger partial charge is 0.387 e. The van der Waals surface area contributed by atoms with E-state index in [-0.39, 0.29) is 17.1 Å². The summed E-state index contributed by atoms with van der Waals surface area (Å²) in [4.78, 5) is 45.0. The van der Waals surface area contributed by atoms with E-state index in [0.717, 1.165) is 29.6 Å². The van der Waals surface area contributed by atoms with Crippen molar-refractivity contribution >= 4 is 32.7 Å². The second-order valence-corrected chi connectivity index (χ2v) is 9.89. The van der Waals surface area contributed by atoms with Gasteiger partial charge in [0.2, 0.25) is 5.95 Å². The van der Waals surface area contributed by atoms with Crippen molar-refractivity contribution in [2.24, 2.45) is 0 Å². The molecule has 17 nitrogen and oxygen atoms in total. The first kappa shape index (κ1) is 22.7. The Morgan fingerprint density at radius 1 is 1.25 bits per heavy atom. The Morgan fingerprint density at radius 3 is 2.69 bits per heavy atom. The average molecular weight is 493 g/mol. The molecular weight excluding hydrogens is 476 g/mol. The number of ether oxygens (including phenoxy) is 1. The number of H-pyrrole nitrogens is 1. The van der Waals surface area contributed by atoms with E-state index in [2.05, 4.69) is 28.8 Å². The van der Waals surface area contributed by atoms with Crippen molar-refractivity contribution in [3.63, 3.8) is 0 Å². The number of aliphatic hydroxyl groups is 2. The van der Waals surface area contributed by atoms with Crippen LogP contribution < -0.4 is 11.3 Å². The summed E-state index contributed by atoms with van der Waals surface area (Å²) < 4.78 is 40.4. The predicted octanol–water partition coefficient (Wildman–Crippen LogP) is -1.70. The second kappa shape index (κ2) is 8.15. The van der Waals surface area contributed by atoms with Crippen LogP contribution in [0.4, 0.5) is 5.95 Å². The molecule has 1 fully saturated rings. The van der Waals surface area contributed by atoms with Crippen LogP contribution in [0.1, 0.15) is 6.23 Å². The van der Waals surface area contributed by atoms with Gasteiger partial charge in [-0.25, -0.2) is 23.4 Å². The number of nitrogens with zero attached hydrogens (tertiary/aromatic N) is 5. The van der Waals surface area contributed by atoms with Gasteiger partial charge in [0.1, 0.15) is 24.6 Å². The van der Waals surface area contributed by atoms with Gasteiger partial charge in [-0.2, -0.15) is 9.29 Å². The highest BCUT2D eigenvalue weighted by Gasteiger charge is 2.46. The molecule has 3 aromatic heterocycles. The van der Waals surface area contributed by atoms with Gasteiger partial charge in [0.25, 0.3) is 5.56 Å². The minimum absolute atomic E-state index is 0.0400. The molecule has 1 saturated heterocycles. The fourth-order valence-corrected chi connectivity index (χ4v) is 5.35. The van der Waals surface area contributed by atoms with Crippen LogP contribution >= 0.6 is 15.6 Å². The third-order valence-electron chi connectivity index (χ3n) is 4.46. The Bertz CT molecular complexity index is 1280. The first-order valence-corrected chi connectivity index (χ1v) is 11.8. The number of phosphoric acid groups is 1. The van der Waals surface area contributed by atoms with Crippen LogP contribution in [0.25, 0.3) is 11.2 Å². The van der Waals surface area contributed by atoms with E-state index in [4.69, 9.17) is 10.5 Å². The number of nitrogen functional groups attached to an aromatic ring is 1. The lowest BCUT2D eigenvalue weighted by molar-refractivity contribution is -0.0502. The molecule has 0 saturated carbocycles. The summed E-state index contributed by atoms with van der Waals surface area (Å²) in [6, 6.07) is 0. The van der Waals surface area contributed by atoms with Crippen molar-refractivity contribution < 1.29 is 42.7 Å². The molecule has 0 amide bonds. The van der Waals surface area contributed by atoms with Crippen LogP contribution in [0.2, 0.25) is 0 Å². The molecule has 1 aliphatic rings. The van der Waals surface area contributed by atoms with E-state index < -0.39 is 52.3 Å². The molecule has 6 atom stereocenters. The summed E-state index contributed by atoms with van der Waals surface area (Å²) in [7, 11) is -9.91. The molecule has 32 heavy (non-hydrogen) atoms. The Kier molecular flexibility index (Phi) is 5.79. The molecule has 0 aromatic carbocycles. The van der Waals surface area contributed by atoms with E-state index in [1.165, 1.54) is 0 Å². The Hall–Kier alpha value is -2.46. The van der Waals surface area contributed by atoms with E-state index in [9.17, 15) is 33.9 Å². The standard InChI is InChI=1S/C13H17N7O10P2/c14-13-17-10-7(11(23)18-13)16-5-20(10)12-9(22)8(21)6(29-12)3-28-32(26,27)30-31(24,25)19-2-1-15-4-19/h1-2,4-6,8-9,12,21-22H,3H2,(H,24,25)(H,26,27)(H3,14,17,18,23)/t6-,8?,9?,12-/m1/s1. The topological polar surface area (TPSA) is 250 Å². The molecule has 1 aliphatic heterocycles. The minimum Gasteiger partial charge on any atom is -0.387 e.